The Hall–Kier alpha value is -0.240. The van der Waals surface area contributed by atoms with Gasteiger partial charge in [-0.1, -0.05) is 0 Å². The van der Waals surface area contributed by atoms with Crippen LogP contribution in [0.15, 0.2) is 0 Å². The van der Waals surface area contributed by atoms with Crippen molar-refractivity contribution >= 4 is 0 Å². The first kappa shape index (κ1) is 22.4. The maximum atomic E-state index is 10.6. The van der Waals surface area contributed by atoms with Crippen LogP contribution >= 0.6 is 0 Å². The minimum Gasteiger partial charge on any atom is -0.393 e. The van der Waals surface area contributed by atoms with E-state index in [0.717, 1.165) is 57.8 Å². The molecular formula is C22H40O6. The van der Waals surface area contributed by atoms with Gasteiger partial charge < -0.3 is 30.3 Å². The Morgan fingerprint density at radius 3 is 2.07 bits per heavy atom. The third kappa shape index (κ3) is 6.38. The second-order valence-corrected chi connectivity index (χ2v) is 9.59. The van der Waals surface area contributed by atoms with E-state index in [9.17, 15) is 25.5 Å². The van der Waals surface area contributed by atoms with Gasteiger partial charge in [0, 0.05) is 6.61 Å². The zero-order chi connectivity index (χ0) is 20.1. The van der Waals surface area contributed by atoms with Crippen LogP contribution in [0.1, 0.15) is 77.0 Å². The van der Waals surface area contributed by atoms with E-state index in [1.165, 1.54) is 0 Å². The predicted molar refractivity (Wildman–Crippen MR) is 106 cm³/mol. The van der Waals surface area contributed by atoms with Crippen LogP contribution in [0, 0.1) is 17.8 Å². The van der Waals surface area contributed by atoms with E-state index >= 15 is 0 Å². The molecular weight excluding hydrogens is 360 g/mol. The van der Waals surface area contributed by atoms with Crippen LogP contribution in [-0.2, 0) is 4.74 Å². The molecule has 0 heterocycles. The maximum absolute atomic E-state index is 10.6. The molecule has 6 nitrogen and oxygen atoms in total. The van der Waals surface area contributed by atoms with Crippen LogP contribution in [0.4, 0.5) is 0 Å². The first-order valence-electron chi connectivity index (χ1n) is 11.4. The highest BCUT2D eigenvalue weighted by Crippen LogP contribution is 2.39. The van der Waals surface area contributed by atoms with Crippen molar-refractivity contribution in [1.29, 1.82) is 0 Å². The zero-order valence-corrected chi connectivity index (χ0v) is 17.0. The average molecular weight is 401 g/mol. The van der Waals surface area contributed by atoms with E-state index in [-0.39, 0.29) is 30.0 Å². The standard InChI is InChI=1S/C22H40O6/c23-16-2-1-3-19(11-16)28-9-8-14(20-7-6-18(25)13-22(20)27)10-15-4-5-17(24)12-21(15)26/h14-27H,1-13H2. The van der Waals surface area contributed by atoms with Gasteiger partial charge in [0.05, 0.1) is 36.6 Å². The number of ether oxygens (including phenoxy) is 1. The molecule has 3 fully saturated rings. The summed E-state index contributed by atoms with van der Waals surface area (Å²) in [6.07, 6.45) is 7.28. The topological polar surface area (TPSA) is 110 Å². The van der Waals surface area contributed by atoms with Gasteiger partial charge in [-0.15, -0.1) is 0 Å². The van der Waals surface area contributed by atoms with E-state index in [2.05, 4.69) is 0 Å². The fourth-order valence-corrected chi connectivity index (χ4v) is 5.71. The smallest absolute Gasteiger partial charge is 0.0599 e. The predicted octanol–water partition coefficient (Wildman–Crippen LogP) is 1.75. The monoisotopic (exact) mass is 400 g/mol. The summed E-state index contributed by atoms with van der Waals surface area (Å²) in [5, 5.41) is 50.5. The maximum Gasteiger partial charge on any atom is 0.0599 e. The lowest BCUT2D eigenvalue weighted by Crippen LogP contribution is -2.40. The minimum absolute atomic E-state index is 0.123. The van der Waals surface area contributed by atoms with Crippen LogP contribution in [0.3, 0.4) is 0 Å². The number of hydrogen-bond acceptors (Lipinski definition) is 6. The second-order valence-electron chi connectivity index (χ2n) is 9.59. The molecule has 28 heavy (non-hydrogen) atoms. The number of aliphatic hydroxyl groups excluding tert-OH is 5. The van der Waals surface area contributed by atoms with Crippen molar-refractivity contribution in [2.45, 2.75) is 114 Å². The molecule has 0 aromatic carbocycles. The second kappa shape index (κ2) is 10.7. The van der Waals surface area contributed by atoms with Crippen LogP contribution in [0.2, 0.25) is 0 Å². The van der Waals surface area contributed by atoms with Gasteiger partial charge in [0.1, 0.15) is 0 Å². The summed E-state index contributed by atoms with van der Waals surface area (Å²) in [5.41, 5.74) is 0. The molecule has 3 rings (SSSR count). The van der Waals surface area contributed by atoms with Crippen molar-refractivity contribution in [3.05, 3.63) is 0 Å². The summed E-state index contributed by atoms with van der Waals surface area (Å²) in [4.78, 5) is 0. The molecule has 0 aromatic heterocycles. The first-order chi connectivity index (χ1) is 13.4. The van der Waals surface area contributed by atoms with Gasteiger partial charge in [0.15, 0.2) is 0 Å². The quantitative estimate of drug-likeness (QED) is 0.445. The molecule has 3 saturated carbocycles. The number of rotatable bonds is 7. The Morgan fingerprint density at radius 2 is 1.39 bits per heavy atom. The van der Waals surface area contributed by atoms with Crippen LogP contribution < -0.4 is 0 Å². The summed E-state index contributed by atoms with van der Waals surface area (Å²) in [5.74, 6) is 0.526. The lowest BCUT2D eigenvalue weighted by atomic mass is 9.70. The summed E-state index contributed by atoms with van der Waals surface area (Å²) in [6.45, 7) is 0.610. The third-order valence-corrected chi connectivity index (χ3v) is 7.42. The van der Waals surface area contributed by atoms with Crippen LogP contribution in [-0.4, -0.2) is 68.8 Å². The normalized spacial score (nSPS) is 43.6. The van der Waals surface area contributed by atoms with Gasteiger partial charge in [-0.2, -0.15) is 0 Å². The molecule has 3 aliphatic rings. The third-order valence-electron chi connectivity index (χ3n) is 7.42. The van der Waals surface area contributed by atoms with Gasteiger partial charge in [0.2, 0.25) is 0 Å². The van der Waals surface area contributed by atoms with Gasteiger partial charge in [-0.3, -0.25) is 0 Å². The Kier molecular flexibility index (Phi) is 8.57. The Bertz CT molecular complexity index is 460. The molecule has 0 spiro atoms. The molecule has 0 aliphatic heterocycles. The Balaban J connectivity index is 1.56. The highest BCUT2D eigenvalue weighted by Gasteiger charge is 2.37. The number of hydrogen-bond donors (Lipinski definition) is 5. The van der Waals surface area contributed by atoms with E-state index in [1.54, 1.807) is 0 Å². The van der Waals surface area contributed by atoms with Gasteiger partial charge >= 0.3 is 0 Å². The highest BCUT2D eigenvalue weighted by molar-refractivity contribution is 4.88. The fourth-order valence-electron chi connectivity index (χ4n) is 5.71. The largest absolute Gasteiger partial charge is 0.393 e. The average Bonchev–Trinajstić information content (AvgIpc) is 2.63. The molecule has 3 aliphatic carbocycles. The highest BCUT2D eigenvalue weighted by atomic mass is 16.5. The van der Waals surface area contributed by atoms with Gasteiger partial charge in [-0.05, 0) is 94.8 Å². The molecule has 9 unspecified atom stereocenters. The lowest BCUT2D eigenvalue weighted by molar-refractivity contribution is -0.0569. The number of aliphatic hydroxyl groups is 5. The van der Waals surface area contributed by atoms with Crippen LogP contribution in [0.25, 0.3) is 0 Å². The fraction of sp³-hybridized carbons (Fsp3) is 1.00. The molecule has 5 N–H and O–H groups in total. The molecule has 0 bridgehead atoms. The summed E-state index contributed by atoms with van der Waals surface area (Å²) in [7, 11) is 0. The SMILES string of the molecule is OC1CCCC(OCCC(CC2CCC(O)CC2O)C2CCC(O)CC2O)C1. The van der Waals surface area contributed by atoms with Crippen molar-refractivity contribution in [1.82, 2.24) is 0 Å². The van der Waals surface area contributed by atoms with E-state index in [4.69, 9.17) is 4.74 Å². The van der Waals surface area contributed by atoms with E-state index in [1.807, 2.05) is 0 Å². The van der Waals surface area contributed by atoms with Crippen molar-refractivity contribution in [2.75, 3.05) is 6.61 Å². The van der Waals surface area contributed by atoms with Crippen molar-refractivity contribution in [3.8, 4) is 0 Å². The molecule has 0 radical (unpaired) electrons. The van der Waals surface area contributed by atoms with Gasteiger partial charge in [0.25, 0.3) is 0 Å². The van der Waals surface area contributed by atoms with Crippen molar-refractivity contribution < 1.29 is 30.3 Å². The van der Waals surface area contributed by atoms with E-state index < -0.39 is 24.4 Å². The summed E-state index contributed by atoms with van der Waals surface area (Å²) in [6, 6.07) is 0. The lowest BCUT2D eigenvalue weighted by Gasteiger charge is -2.40. The Labute approximate surface area is 168 Å². The minimum atomic E-state index is -0.503. The molecule has 0 aromatic rings. The molecule has 9 atom stereocenters. The first-order valence-corrected chi connectivity index (χ1v) is 11.4. The van der Waals surface area contributed by atoms with E-state index in [0.29, 0.717) is 25.9 Å². The van der Waals surface area contributed by atoms with Crippen LogP contribution in [0.5, 0.6) is 0 Å². The molecule has 0 saturated heterocycles. The van der Waals surface area contributed by atoms with Crippen molar-refractivity contribution in [2.24, 2.45) is 17.8 Å². The summed E-state index contributed by atoms with van der Waals surface area (Å²) < 4.78 is 6.07. The summed E-state index contributed by atoms with van der Waals surface area (Å²) >= 11 is 0. The molecule has 0 amide bonds. The Morgan fingerprint density at radius 1 is 0.714 bits per heavy atom. The van der Waals surface area contributed by atoms with Crippen molar-refractivity contribution in [3.63, 3.8) is 0 Å². The molecule has 164 valence electrons. The zero-order valence-electron chi connectivity index (χ0n) is 17.0. The van der Waals surface area contributed by atoms with Gasteiger partial charge in [-0.25, -0.2) is 0 Å². The molecule has 6 heteroatoms.